The smallest absolute Gasteiger partial charge is 0.261 e. The zero-order valence-corrected chi connectivity index (χ0v) is 27.4. The molecule has 2 aliphatic heterocycles. The SMILES string of the molecule is [N-]=[N+]=NCCOCCOCCOCCN1C(=O)c2ccc(-c3ccc4c(c3)C(=O)N(CCOCCOCCOCCN=[N+]=[N-])C4=O)cc2C1=O. The van der Waals surface area contributed by atoms with Gasteiger partial charge in [0.15, 0.2) is 0 Å². The number of azide groups is 2. The molecule has 0 saturated heterocycles. The van der Waals surface area contributed by atoms with E-state index in [0.29, 0.717) is 64.0 Å². The van der Waals surface area contributed by atoms with Gasteiger partial charge in [0.2, 0.25) is 0 Å². The van der Waals surface area contributed by atoms with E-state index in [0.717, 1.165) is 9.80 Å². The van der Waals surface area contributed by atoms with Gasteiger partial charge in [-0.05, 0) is 46.5 Å². The van der Waals surface area contributed by atoms with Crippen LogP contribution in [0, 0.1) is 0 Å². The number of fused-ring (bicyclic) bond motifs is 2. The summed E-state index contributed by atoms with van der Waals surface area (Å²) in [6.45, 7) is 4.12. The largest absolute Gasteiger partial charge is 0.379 e. The van der Waals surface area contributed by atoms with Crippen molar-refractivity contribution in [3.8, 4) is 11.1 Å². The van der Waals surface area contributed by atoms with Gasteiger partial charge < -0.3 is 28.4 Å². The van der Waals surface area contributed by atoms with Gasteiger partial charge in [-0.25, -0.2) is 0 Å². The number of carbonyl (C=O) groups excluding carboxylic acids is 4. The molecule has 18 heteroatoms. The highest BCUT2D eigenvalue weighted by molar-refractivity contribution is 6.23. The molecule has 0 aliphatic carbocycles. The average Bonchev–Trinajstić information content (AvgIpc) is 3.51. The normalized spacial score (nSPS) is 13.4. The van der Waals surface area contributed by atoms with Crippen LogP contribution >= 0.6 is 0 Å². The lowest BCUT2D eigenvalue weighted by Crippen LogP contribution is -2.33. The standard InChI is InChI=1S/C32H38N8O10/c33-37-35-5-9-45-13-17-49-19-15-47-11-7-39-29(41)25-3-1-23(21-27(25)31(39)43)24-2-4-26-28(22-24)32(44)40(30(26)42)8-12-48-16-20-50-18-14-46-10-6-36-38-34/h1-4,21-22H,5-20H2. The Bertz CT molecular complexity index is 1490. The maximum Gasteiger partial charge on any atom is 0.261 e. The molecule has 0 unspecified atom stereocenters. The molecule has 4 rings (SSSR count). The maximum absolute atomic E-state index is 13.1. The van der Waals surface area contributed by atoms with Gasteiger partial charge in [-0.3, -0.25) is 29.0 Å². The van der Waals surface area contributed by atoms with Gasteiger partial charge in [0.25, 0.3) is 23.6 Å². The van der Waals surface area contributed by atoms with Crippen LogP contribution in [0.4, 0.5) is 0 Å². The molecule has 2 heterocycles. The Balaban J connectivity index is 1.19. The molecule has 0 saturated carbocycles. The zero-order chi connectivity index (χ0) is 35.6. The Morgan fingerprint density at radius 1 is 0.460 bits per heavy atom. The maximum atomic E-state index is 13.1. The summed E-state index contributed by atoms with van der Waals surface area (Å²) in [5, 5.41) is 6.72. The molecule has 2 aromatic carbocycles. The number of amides is 4. The molecule has 0 bridgehead atoms. The Morgan fingerprint density at radius 2 is 0.780 bits per heavy atom. The van der Waals surface area contributed by atoms with Crippen molar-refractivity contribution in [1.29, 1.82) is 0 Å². The molecule has 0 radical (unpaired) electrons. The quantitative estimate of drug-likeness (QED) is 0.0484. The van der Waals surface area contributed by atoms with E-state index in [9.17, 15) is 19.2 Å². The third-order valence-electron chi connectivity index (χ3n) is 7.48. The summed E-state index contributed by atoms with van der Waals surface area (Å²) in [6, 6.07) is 9.81. The van der Waals surface area contributed by atoms with Crippen molar-refractivity contribution in [3.05, 3.63) is 79.5 Å². The summed E-state index contributed by atoms with van der Waals surface area (Å²) in [6.07, 6.45) is 0. The van der Waals surface area contributed by atoms with Crippen LogP contribution in [0.5, 0.6) is 0 Å². The molecule has 50 heavy (non-hydrogen) atoms. The summed E-state index contributed by atoms with van der Waals surface area (Å²) in [5.74, 6) is -1.71. The molecule has 0 spiro atoms. The number of hydrogen-bond donors (Lipinski definition) is 0. The lowest BCUT2D eigenvalue weighted by molar-refractivity contribution is 0.0123. The highest BCUT2D eigenvalue weighted by atomic mass is 16.5. The second-order valence-corrected chi connectivity index (χ2v) is 10.6. The van der Waals surface area contributed by atoms with E-state index in [2.05, 4.69) is 20.1 Å². The highest BCUT2D eigenvalue weighted by Gasteiger charge is 2.37. The fourth-order valence-corrected chi connectivity index (χ4v) is 5.04. The van der Waals surface area contributed by atoms with Crippen molar-refractivity contribution in [1.82, 2.24) is 9.80 Å². The Labute approximate surface area is 287 Å². The summed E-state index contributed by atoms with van der Waals surface area (Å²) >= 11 is 0. The van der Waals surface area contributed by atoms with Gasteiger partial charge in [-0.1, -0.05) is 22.4 Å². The minimum Gasteiger partial charge on any atom is -0.379 e. The van der Waals surface area contributed by atoms with E-state index in [1.54, 1.807) is 36.4 Å². The van der Waals surface area contributed by atoms with Gasteiger partial charge in [0, 0.05) is 22.9 Å². The van der Waals surface area contributed by atoms with Crippen LogP contribution in [0.15, 0.2) is 46.6 Å². The van der Waals surface area contributed by atoms with Crippen molar-refractivity contribution >= 4 is 23.6 Å². The van der Waals surface area contributed by atoms with E-state index in [1.165, 1.54) is 0 Å². The first-order chi connectivity index (χ1) is 24.5. The fraction of sp³-hybridized carbons (Fsp3) is 0.500. The lowest BCUT2D eigenvalue weighted by atomic mass is 9.97. The second kappa shape index (κ2) is 20.6. The average molecular weight is 695 g/mol. The number of benzene rings is 2. The molecule has 266 valence electrons. The first-order valence-electron chi connectivity index (χ1n) is 16.0. The number of imide groups is 2. The molecule has 2 aliphatic rings. The Hall–Kier alpha value is -4.90. The van der Waals surface area contributed by atoms with Crippen LogP contribution in [0.2, 0.25) is 0 Å². The lowest BCUT2D eigenvalue weighted by Gasteiger charge is -2.14. The summed E-state index contributed by atoms with van der Waals surface area (Å²) in [5.41, 5.74) is 18.7. The van der Waals surface area contributed by atoms with Crippen LogP contribution in [-0.2, 0) is 28.4 Å². The predicted octanol–water partition coefficient (Wildman–Crippen LogP) is 3.27. The summed E-state index contributed by atoms with van der Waals surface area (Å²) < 4.78 is 32.3. The molecular weight excluding hydrogens is 656 g/mol. The van der Waals surface area contributed by atoms with Gasteiger partial charge in [-0.2, -0.15) is 0 Å². The number of ether oxygens (including phenoxy) is 6. The molecule has 0 aromatic heterocycles. The number of hydrogen-bond acceptors (Lipinski definition) is 12. The first kappa shape index (κ1) is 37.9. The van der Waals surface area contributed by atoms with Gasteiger partial charge in [-0.15, -0.1) is 0 Å². The number of carbonyl (C=O) groups is 4. The Morgan fingerprint density at radius 3 is 1.14 bits per heavy atom. The van der Waals surface area contributed by atoms with Gasteiger partial charge in [0.1, 0.15) is 0 Å². The monoisotopic (exact) mass is 694 g/mol. The van der Waals surface area contributed by atoms with Crippen molar-refractivity contribution in [2.45, 2.75) is 0 Å². The highest BCUT2D eigenvalue weighted by Crippen LogP contribution is 2.32. The molecule has 18 nitrogen and oxygen atoms in total. The zero-order valence-electron chi connectivity index (χ0n) is 27.4. The van der Waals surface area contributed by atoms with Crippen molar-refractivity contribution < 1.29 is 47.6 Å². The van der Waals surface area contributed by atoms with E-state index in [4.69, 9.17) is 39.5 Å². The topological polar surface area (TPSA) is 228 Å². The van der Waals surface area contributed by atoms with Crippen molar-refractivity contribution in [3.63, 3.8) is 0 Å². The van der Waals surface area contributed by atoms with Crippen molar-refractivity contribution in [2.75, 3.05) is 105 Å². The molecule has 0 atom stereocenters. The van der Waals surface area contributed by atoms with E-state index >= 15 is 0 Å². The number of rotatable bonds is 25. The molecule has 0 fully saturated rings. The third-order valence-corrected chi connectivity index (χ3v) is 7.48. The minimum atomic E-state index is -0.441. The van der Waals surface area contributed by atoms with E-state index < -0.39 is 23.6 Å². The second-order valence-electron chi connectivity index (χ2n) is 10.6. The molecule has 2 aromatic rings. The van der Waals surface area contributed by atoms with Crippen LogP contribution in [0.1, 0.15) is 41.4 Å². The van der Waals surface area contributed by atoms with Gasteiger partial charge in [0.05, 0.1) is 115 Å². The van der Waals surface area contributed by atoms with Crippen molar-refractivity contribution in [2.24, 2.45) is 10.2 Å². The Kier molecular flexibility index (Phi) is 15.6. The van der Waals surface area contributed by atoms with Gasteiger partial charge >= 0.3 is 0 Å². The summed E-state index contributed by atoms with van der Waals surface area (Å²) in [7, 11) is 0. The van der Waals surface area contributed by atoms with Crippen LogP contribution in [0.3, 0.4) is 0 Å². The minimum absolute atomic E-state index is 0.0719. The third kappa shape index (κ3) is 10.5. The van der Waals surface area contributed by atoms with Crippen LogP contribution in [0.25, 0.3) is 32.0 Å². The molecule has 0 N–H and O–H groups in total. The first-order valence-corrected chi connectivity index (χ1v) is 16.0. The van der Waals surface area contributed by atoms with E-state index in [1.807, 2.05) is 0 Å². The fourth-order valence-electron chi connectivity index (χ4n) is 5.04. The van der Waals surface area contributed by atoms with Crippen LogP contribution in [-0.4, -0.2) is 139 Å². The molecular formula is C32H38N8O10. The predicted molar refractivity (Wildman–Crippen MR) is 176 cm³/mol. The van der Waals surface area contributed by atoms with Crippen LogP contribution < -0.4 is 0 Å². The number of nitrogens with zero attached hydrogens (tertiary/aromatic N) is 8. The summed E-state index contributed by atoms with van der Waals surface area (Å²) in [4.78, 5) is 59.7. The molecule has 4 amide bonds. The van der Waals surface area contributed by atoms with E-state index in [-0.39, 0.29) is 74.9 Å².